The van der Waals surface area contributed by atoms with Gasteiger partial charge in [-0.3, -0.25) is 29.0 Å². The van der Waals surface area contributed by atoms with Gasteiger partial charge in [0.2, 0.25) is 5.91 Å². The summed E-state index contributed by atoms with van der Waals surface area (Å²) in [6.45, 7) is 1.98. The zero-order valence-corrected chi connectivity index (χ0v) is 28.5. The van der Waals surface area contributed by atoms with Gasteiger partial charge in [-0.2, -0.15) is 13.2 Å². The zero-order chi connectivity index (χ0) is 36.1. The third-order valence-electron chi connectivity index (χ3n) is 9.15. The molecule has 0 spiro atoms. The summed E-state index contributed by atoms with van der Waals surface area (Å²) < 4.78 is 55.6. The Hall–Kier alpha value is -3.46. The molecule has 4 atom stereocenters. The van der Waals surface area contributed by atoms with Gasteiger partial charge in [0.25, 0.3) is 5.91 Å². The van der Waals surface area contributed by atoms with Gasteiger partial charge in [-0.1, -0.05) is 54.7 Å². The number of likely N-dealkylation sites (N-methyl/N-ethyl adjacent to an activating group) is 1. The number of benzene rings is 2. The molecule has 2 aromatic carbocycles. The number of carboxylic acids is 1. The van der Waals surface area contributed by atoms with Crippen LogP contribution in [0.1, 0.15) is 43.7 Å². The van der Waals surface area contributed by atoms with Gasteiger partial charge in [0.15, 0.2) is 5.66 Å². The maximum absolute atomic E-state index is 14.9. The fraction of sp³-hybridized carbons (Fsp3) is 0.515. The van der Waals surface area contributed by atoms with E-state index in [9.17, 15) is 41.8 Å². The number of halogens is 6. The molecule has 2 heterocycles. The van der Waals surface area contributed by atoms with E-state index >= 15 is 0 Å². The molecule has 0 aliphatic carbocycles. The van der Waals surface area contributed by atoms with Crippen molar-refractivity contribution in [3.05, 3.63) is 69.5 Å². The number of rotatable bonds is 12. The second kappa shape index (κ2) is 16.0. The number of alkyl halides is 3. The van der Waals surface area contributed by atoms with E-state index in [0.717, 1.165) is 17.0 Å². The van der Waals surface area contributed by atoms with Crippen LogP contribution in [0.3, 0.4) is 0 Å². The van der Waals surface area contributed by atoms with Crippen molar-refractivity contribution in [3.63, 3.8) is 0 Å². The largest absolute Gasteiger partial charge is 0.480 e. The second-order valence-electron chi connectivity index (χ2n) is 12.3. The predicted octanol–water partition coefficient (Wildman–Crippen LogP) is 4.27. The molecule has 4 unspecified atom stereocenters. The van der Waals surface area contributed by atoms with Crippen LogP contribution in [-0.4, -0.2) is 107 Å². The van der Waals surface area contributed by atoms with Crippen LogP contribution in [0.2, 0.25) is 10.0 Å². The number of nitrogens with zero attached hydrogens (tertiary/aromatic N) is 3. The first-order valence-corrected chi connectivity index (χ1v) is 16.7. The second-order valence-corrected chi connectivity index (χ2v) is 13.2. The quantitative estimate of drug-likeness (QED) is 0.279. The monoisotopic (exact) mass is 731 g/mol. The average Bonchev–Trinajstić information content (AvgIpc) is 3.55. The van der Waals surface area contributed by atoms with E-state index in [1.807, 2.05) is 17.1 Å². The number of likely N-dealkylation sites (tertiary alicyclic amines) is 1. The fourth-order valence-electron chi connectivity index (χ4n) is 6.80. The van der Waals surface area contributed by atoms with Crippen LogP contribution in [0.15, 0.2) is 42.5 Å². The fourth-order valence-corrected chi connectivity index (χ4v) is 7.29. The van der Waals surface area contributed by atoms with Gasteiger partial charge in [0.1, 0.15) is 11.9 Å². The molecule has 10 nitrogen and oxygen atoms in total. The van der Waals surface area contributed by atoms with Gasteiger partial charge < -0.3 is 20.6 Å². The molecule has 268 valence electrons. The zero-order valence-electron chi connectivity index (χ0n) is 27.0. The molecule has 0 radical (unpaired) electrons. The highest BCUT2D eigenvalue weighted by molar-refractivity contribution is 6.35. The predicted molar refractivity (Wildman–Crippen MR) is 174 cm³/mol. The van der Waals surface area contributed by atoms with E-state index in [1.54, 1.807) is 18.2 Å². The SMILES string of the molecule is CCCC1CN(C(Cc2ccc(Cl)cc2Cl)C(=O)NC)CCN1C(=O)C(Cc1ccc(F)cc1)(NC(=O)C(F)(F)F)N1CCCC1C(=O)O. The Bertz CT molecular complexity index is 1530. The number of carbonyl (C=O) groups excluding carboxylic acids is 3. The number of nitrogens with one attached hydrogen (secondary N) is 2. The number of hydrogen-bond acceptors (Lipinski definition) is 6. The summed E-state index contributed by atoms with van der Waals surface area (Å²) in [5.41, 5.74) is -1.62. The lowest BCUT2D eigenvalue weighted by Gasteiger charge is -2.50. The highest BCUT2D eigenvalue weighted by atomic mass is 35.5. The number of piperazine rings is 1. The van der Waals surface area contributed by atoms with Gasteiger partial charge in [-0.05, 0) is 61.1 Å². The van der Waals surface area contributed by atoms with Crippen molar-refractivity contribution < 1.29 is 41.8 Å². The number of carboxylic acid groups (broad SMARTS) is 1. The summed E-state index contributed by atoms with van der Waals surface area (Å²) in [7, 11) is 1.49. The van der Waals surface area contributed by atoms with Crippen LogP contribution in [0, 0.1) is 5.82 Å². The minimum atomic E-state index is -5.40. The van der Waals surface area contributed by atoms with Gasteiger partial charge in [-0.25, -0.2) is 4.39 Å². The van der Waals surface area contributed by atoms with Crippen LogP contribution in [-0.2, 0) is 32.0 Å². The molecular formula is C33H39Cl2F4N5O5. The molecule has 16 heteroatoms. The summed E-state index contributed by atoms with van der Waals surface area (Å²) in [4.78, 5) is 57.6. The average molecular weight is 733 g/mol. The van der Waals surface area contributed by atoms with Gasteiger partial charge in [-0.15, -0.1) is 0 Å². The van der Waals surface area contributed by atoms with E-state index in [-0.39, 0.29) is 56.9 Å². The van der Waals surface area contributed by atoms with E-state index in [0.29, 0.717) is 28.5 Å². The molecule has 2 fully saturated rings. The molecule has 0 bridgehead atoms. The first-order chi connectivity index (χ1) is 23.1. The Morgan fingerprint density at radius 2 is 1.73 bits per heavy atom. The van der Waals surface area contributed by atoms with Gasteiger partial charge in [0, 0.05) is 55.7 Å². The molecule has 2 aromatic rings. The van der Waals surface area contributed by atoms with Crippen LogP contribution in [0.4, 0.5) is 17.6 Å². The van der Waals surface area contributed by atoms with E-state index in [1.165, 1.54) is 24.1 Å². The number of hydrogen-bond donors (Lipinski definition) is 3. The van der Waals surface area contributed by atoms with Gasteiger partial charge in [0.05, 0.1) is 6.04 Å². The Labute approximate surface area is 291 Å². The Balaban J connectivity index is 1.77. The lowest BCUT2D eigenvalue weighted by molar-refractivity contribution is -0.183. The van der Waals surface area contributed by atoms with Crippen molar-refractivity contribution in [2.75, 3.05) is 33.2 Å². The van der Waals surface area contributed by atoms with Crippen LogP contribution in [0.25, 0.3) is 0 Å². The summed E-state index contributed by atoms with van der Waals surface area (Å²) in [5.74, 6) is -5.64. The molecule has 4 rings (SSSR count). The third-order valence-corrected chi connectivity index (χ3v) is 9.74. The number of aliphatic carboxylic acids is 1. The molecule has 2 aliphatic heterocycles. The molecule has 2 saturated heterocycles. The Kier molecular flexibility index (Phi) is 12.6. The van der Waals surface area contributed by atoms with Crippen molar-refractivity contribution in [1.82, 2.24) is 25.3 Å². The maximum Gasteiger partial charge on any atom is 0.471 e. The summed E-state index contributed by atoms with van der Waals surface area (Å²) in [6.07, 6.45) is -4.56. The van der Waals surface area contributed by atoms with E-state index in [4.69, 9.17) is 23.2 Å². The molecule has 3 amide bonds. The number of amides is 3. The van der Waals surface area contributed by atoms with Crippen LogP contribution >= 0.6 is 23.2 Å². The molecule has 49 heavy (non-hydrogen) atoms. The lowest BCUT2D eigenvalue weighted by Crippen LogP contribution is -2.75. The standard InChI is InChI=1S/C33H39Cl2F4N5O5/c1-3-5-24-19-42(27(28(45)40-2)16-21-9-10-22(34)17-25(21)35)14-15-43(24)31(49)32(41-30(48)33(37,38)39,18-20-7-11-23(36)12-8-20)44-13-4-6-26(44)29(46)47/h7-12,17,24,26-27H,3-6,13-16,18-19H2,1-2H3,(H,40,45)(H,41,48)(H,46,47). The first kappa shape index (κ1) is 38.3. The molecule has 0 aromatic heterocycles. The van der Waals surface area contributed by atoms with Crippen molar-refractivity contribution in [2.45, 2.75) is 75.4 Å². The Morgan fingerprint density at radius 1 is 1.04 bits per heavy atom. The lowest BCUT2D eigenvalue weighted by atomic mass is 9.92. The van der Waals surface area contributed by atoms with Crippen LogP contribution < -0.4 is 10.6 Å². The summed E-state index contributed by atoms with van der Waals surface area (Å²) >= 11 is 12.5. The molecule has 0 saturated carbocycles. The minimum Gasteiger partial charge on any atom is -0.480 e. The van der Waals surface area contributed by atoms with Crippen molar-refractivity contribution in [3.8, 4) is 0 Å². The summed E-state index contributed by atoms with van der Waals surface area (Å²) in [6, 6.07) is 6.87. The third kappa shape index (κ3) is 8.83. The smallest absolute Gasteiger partial charge is 0.471 e. The van der Waals surface area contributed by atoms with E-state index < -0.39 is 60.0 Å². The molecule has 2 aliphatic rings. The minimum absolute atomic E-state index is 0.0307. The highest BCUT2D eigenvalue weighted by Gasteiger charge is 2.57. The van der Waals surface area contributed by atoms with Gasteiger partial charge >= 0.3 is 18.1 Å². The highest BCUT2D eigenvalue weighted by Crippen LogP contribution is 2.34. The molecule has 3 N–H and O–H groups in total. The Morgan fingerprint density at radius 3 is 2.33 bits per heavy atom. The topological polar surface area (TPSA) is 122 Å². The first-order valence-electron chi connectivity index (χ1n) is 15.9. The van der Waals surface area contributed by atoms with Crippen molar-refractivity contribution in [1.29, 1.82) is 0 Å². The summed E-state index contributed by atoms with van der Waals surface area (Å²) in [5, 5.41) is 15.5. The number of carbonyl (C=O) groups is 4. The molecular weight excluding hydrogens is 693 g/mol. The van der Waals surface area contributed by atoms with E-state index in [2.05, 4.69) is 5.32 Å². The normalized spacial score (nSPS) is 20.8. The maximum atomic E-state index is 14.9. The van der Waals surface area contributed by atoms with Crippen molar-refractivity contribution >= 4 is 46.9 Å². The van der Waals surface area contributed by atoms with Crippen LogP contribution in [0.5, 0.6) is 0 Å². The van der Waals surface area contributed by atoms with Crippen molar-refractivity contribution in [2.24, 2.45) is 0 Å².